The standard InChI is InChI=1S/C6H10O2/c1-3-4-5-8-6(2)7/h5H,1,3-4H2,2H3. The first-order chi connectivity index (χ1) is 3.77. The van der Waals surface area contributed by atoms with Crippen LogP contribution in [0.25, 0.3) is 0 Å². The molecule has 0 rings (SSSR count). The van der Waals surface area contributed by atoms with Crippen molar-refractivity contribution in [1.82, 2.24) is 0 Å². The van der Waals surface area contributed by atoms with Gasteiger partial charge in [-0.15, -0.1) is 0 Å². The van der Waals surface area contributed by atoms with Gasteiger partial charge in [-0.2, -0.15) is 0 Å². The largest absolute Gasteiger partial charge is 0.459 e. The van der Waals surface area contributed by atoms with E-state index in [1.54, 1.807) is 0 Å². The van der Waals surface area contributed by atoms with Crippen molar-refractivity contribution in [3.8, 4) is 0 Å². The van der Waals surface area contributed by atoms with Crippen molar-refractivity contribution >= 4 is 5.97 Å². The molecule has 0 atom stereocenters. The zero-order valence-corrected chi connectivity index (χ0v) is 5.02. The number of carbonyl (C=O) groups excluding carboxylic acids is 1. The second kappa shape index (κ2) is 4.62. The van der Waals surface area contributed by atoms with Crippen molar-refractivity contribution in [2.24, 2.45) is 0 Å². The molecule has 8 heavy (non-hydrogen) atoms. The lowest BCUT2D eigenvalue weighted by Crippen LogP contribution is -1.94. The summed E-state index contributed by atoms with van der Waals surface area (Å²) < 4.78 is 4.48. The van der Waals surface area contributed by atoms with E-state index in [0.717, 1.165) is 12.8 Å². The summed E-state index contributed by atoms with van der Waals surface area (Å²) >= 11 is 0. The van der Waals surface area contributed by atoms with Crippen LogP contribution in [0, 0.1) is 13.5 Å². The lowest BCUT2D eigenvalue weighted by Gasteiger charge is -1.95. The van der Waals surface area contributed by atoms with E-state index in [1.807, 2.05) is 0 Å². The van der Waals surface area contributed by atoms with Crippen LogP contribution in [0.4, 0.5) is 0 Å². The molecule has 0 bridgehead atoms. The Morgan fingerprint density at radius 3 is 2.88 bits per heavy atom. The Balaban J connectivity index is 2.82. The molecule has 0 heterocycles. The van der Waals surface area contributed by atoms with Crippen molar-refractivity contribution in [2.45, 2.75) is 19.8 Å². The predicted octanol–water partition coefficient (Wildman–Crippen LogP) is 1.33. The molecule has 0 aromatic rings. The smallest absolute Gasteiger partial charge is 0.303 e. The molecule has 0 fully saturated rings. The lowest BCUT2D eigenvalue weighted by molar-refractivity contribution is -0.137. The molecule has 0 saturated carbocycles. The third-order valence-corrected chi connectivity index (χ3v) is 0.571. The van der Waals surface area contributed by atoms with Crippen LogP contribution in [-0.4, -0.2) is 5.97 Å². The zero-order chi connectivity index (χ0) is 6.41. The summed E-state index contributed by atoms with van der Waals surface area (Å²) in [5, 5.41) is 0. The number of rotatable bonds is 3. The van der Waals surface area contributed by atoms with Gasteiger partial charge in [-0.3, -0.25) is 4.79 Å². The normalized spacial score (nSPS) is 8.75. The van der Waals surface area contributed by atoms with Gasteiger partial charge in [-0.25, -0.2) is 0 Å². The van der Waals surface area contributed by atoms with Crippen molar-refractivity contribution < 1.29 is 9.53 Å². The van der Waals surface area contributed by atoms with E-state index in [2.05, 4.69) is 11.7 Å². The topological polar surface area (TPSA) is 26.3 Å². The van der Waals surface area contributed by atoms with Gasteiger partial charge in [-0.05, 0) is 12.8 Å². The maximum Gasteiger partial charge on any atom is 0.303 e. The van der Waals surface area contributed by atoms with Crippen LogP contribution in [0.2, 0.25) is 0 Å². The summed E-state index contributed by atoms with van der Waals surface area (Å²) in [7, 11) is 0. The minimum Gasteiger partial charge on any atom is -0.459 e. The predicted molar refractivity (Wildman–Crippen MR) is 30.7 cm³/mol. The molecule has 0 spiro atoms. The number of hydrogen-bond donors (Lipinski definition) is 0. The highest BCUT2D eigenvalue weighted by Crippen LogP contribution is 1.92. The molecule has 0 N–H and O–H groups in total. The van der Waals surface area contributed by atoms with Gasteiger partial charge >= 0.3 is 5.97 Å². The van der Waals surface area contributed by atoms with Crippen LogP contribution >= 0.6 is 0 Å². The second-order valence-electron chi connectivity index (χ2n) is 1.42. The molecule has 0 unspecified atom stereocenters. The molecule has 0 aliphatic heterocycles. The van der Waals surface area contributed by atoms with Crippen LogP contribution < -0.4 is 0 Å². The third-order valence-electron chi connectivity index (χ3n) is 0.571. The first-order valence-electron chi connectivity index (χ1n) is 2.55. The van der Waals surface area contributed by atoms with E-state index in [4.69, 9.17) is 0 Å². The van der Waals surface area contributed by atoms with Crippen LogP contribution in [0.5, 0.6) is 0 Å². The minimum absolute atomic E-state index is 0.265. The maximum atomic E-state index is 10.0. The van der Waals surface area contributed by atoms with Crippen molar-refractivity contribution in [3.05, 3.63) is 13.5 Å². The third kappa shape index (κ3) is 5.47. The van der Waals surface area contributed by atoms with Gasteiger partial charge in [0.15, 0.2) is 0 Å². The number of ether oxygens (including phenoxy) is 1. The first kappa shape index (κ1) is 7.47. The molecule has 0 amide bonds. The second-order valence-corrected chi connectivity index (χ2v) is 1.42. The van der Waals surface area contributed by atoms with E-state index in [1.165, 1.54) is 13.5 Å². The monoisotopic (exact) mass is 114 g/mol. The van der Waals surface area contributed by atoms with Gasteiger partial charge in [0.2, 0.25) is 0 Å². The quantitative estimate of drug-likeness (QED) is 0.408. The van der Waals surface area contributed by atoms with Crippen molar-refractivity contribution in [2.75, 3.05) is 0 Å². The Kier molecular flexibility index (Phi) is 4.32. The Morgan fingerprint density at radius 1 is 1.88 bits per heavy atom. The van der Waals surface area contributed by atoms with Gasteiger partial charge in [0.1, 0.15) is 6.61 Å². The highest BCUT2D eigenvalue weighted by Gasteiger charge is 1.89. The highest BCUT2D eigenvalue weighted by atomic mass is 16.5. The molecule has 0 aromatic carbocycles. The van der Waals surface area contributed by atoms with E-state index in [-0.39, 0.29) is 5.97 Å². The number of hydrogen-bond acceptors (Lipinski definition) is 2. The van der Waals surface area contributed by atoms with Gasteiger partial charge in [-0.1, -0.05) is 6.92 Å². The Morgan fingerprint density at radius 2 is 2.50 bits per heavy atom. The molecule has 2 radical (unpaired) electrons. The molecule has 2 nitrogen and oxygen atoms in total. The van der Waals surface area contributed by atoms with Gasteiger partial charge in [0.05, 0.1) is 0 Å². The summed E-state index contributed by atoms with van der Waals surface area (Å²) in [6.07, 6.45) is 1.51. The Bertz CT molecular complexity index is 68.9. The zero-order valence-electron chi connectivity index (χ0n) is 5.02. The molecular weight excluding hydrogens is 104 g/mol. The number of esters is 1. The van der Waals surface area contributed by atoms with E-state index in [9.17, 15) is 4.79 Å². The summed E-state index contributed by atoms with van der Waals surface area (Å²) in [6, 6.07) is 0. The molecule has 46 valence electrons. The number of carbonyl (C=O) groups is 1. The van der Waals surface area contributed by atoms with E-state index >= 15 is 0 Å². The average molecular weight is 114 g/mol. The fraction of sp³-hybridized carbons (Fsp3) is 0.500. The number of unbranched alkanes of at least 4 members (excludes halogenated alkanes) is 1. The van der Waals surface area contributed by atoms with E-state index < -0.39 is 0 Å². The Labute approximate surface area is 49.8 Å². The maximum absolute atomic E-state index is 10.0. The average Bonchev–Trinajstić information content (AvgIpc) is 1.66. The molecule has 0 aliphatic rings. The minimum atomic E-state index is -0.265. The van der Waals surface area contributed by atoms with Crippen LogP contribution in [0.1, 0.15) is 19.8 Å². The lowest BCUT2D eigenvalue weighted by atomic mass is 10.4. The van der Waals surface area contributed by atoms with Crippen LogP contribution in [0.3, 0.4) is 0 Å². The van der Waals surface area contributed by atoms with Crippen LogP contribution in [0.15, 0.2) is 0 Å². The fourth-order valence-electron chi connectivity index (χ4n) is 0.260. The van der Waals surface area contributed by atoms with E-state index in [0.29, 0.717) is 0 Å². The molecule has 2 heteroatoms. The summed E-state index contributed by atoms with van der Waals surface area (Å²) in [6.45, 7) is 6.40. The van der Waals surface area contributed by atoms with Gasteiger partial charge in [0.25, 0.3) is 0 Å². The molecule has 0 aliphatic carbocycles. The summed E-state index contributed by atoms with van der Waals surface area (Å²) in [4.78, 5) is 10.0. The Hall–Kier alpha value is -0.530. The van der Waals surface area contributed by atoms with Crippen LogP contribution in [-0.2, 0) is 9.53 Å². The summed E-state index contributed by atoms with van der Waals surface area (Å²) in [5.41, 5.74) is 0. The molecular formula is C6H10O2. The molecule has 0 aromatic heterocycles. The van der Waals surface area contributed by atoms with Crippen molar-refractivity contribution in [3.63, 3.8) is 0 Å². The molecule has 0 saturated heterocycles. The first-order valence-corrected chi connectivity index (χ1v) is 2.55. The van der Waals surface area contributed by atoms with Gasteiger partial charge in [0, 0.05) is 6.92 Å². The van der Waals surface area contributed by atoms with Crippen molar-refractivity contribution in [1.29, 1.82) is 0 Å². The SMILES string of the molecule is [CH2]CC[CH]OC(C)=O. The fourth-order valence-corrected chi connectivity index (χ4v) is 0.260. The van der Waals surface area contributed by atoms with Gasteiger partial charge < -0.3 is 4.74 Å². The summed E-state index contributed by atoms with van der Waals surface area (Å²) in [5.74, 6) is -0.265. The highest BCUT2D eigenvalue weighted by molar-refractivity contribution is 5.66.